The summed E-state index contributed by atoms with van der Waals surface area (Å²) in [7, 11) is 0. The Morgan fingerprint density at radius 2 is 1.80 bits per heavy atom. The van der Waals surface area contributed by atoms with Crippen LogP contribution in [-0.4, -0.2) is 43.0 Å². The van der Waals surface area contributed by atoms with Crippen molar-refractivity contribution in [1.82, 2.24) is 4.90 Å². The van der Waals surface area contributed by atoms with Gasteiger partial charge in [0.25, 0.3) is 0 Å². The number of nitrogens with zero attached hydrogens (tertiary/aromatic N) is 1. The van der Waals surface area contributed by atoms with E-state index in [1.54, 1.807) is 0 Å². The topological polar surface area (TPSA) is 38.8 Å². The molecule has 2 heterocycles. The van der Waals surface area contributed by atoms with E-state index in [9.17, 15) is 4.57 Å². The maximum atomic E-state index is 12.5. The molecule has 0 saturated carbocycles. The van der Waals surface area contributed by atoms with E-state index in [-0.39, 0.29) is 0 Å². The first-order valence-corrected chi connectivity index (χ1v) is 11.1. The third-order valence-electron chi connectivity index (χ3n) is 4.25. The van der Waals surface area contributed by atoms with Crippen LogP contribution in [0.5, 0.6) is 0 Å². The maximum Gasteiger partial charge on any atom is 0.389 e. The minimum absolute atomic E-state index is 0.449. The minimum Gasteiger partial charge on any atom is -0.301 e. The molecule has 0 aromatic carbocycles. The van der Waals surface area contributed by atoms with Crippen molar-refractivity contribution < 1.29 is 13.6 Å². The molecule has 4 nitrogen and oxygen atoms in total. The monoisotopic (exact) mass is 321 g/mol. The smallest absolute Gasteiger partial charge is 0.301 e. The van der Waals surface area contributed by atoms with Crippen molar-refractivity contribution in [2.45, 2.75) is 52.0 Å². The summed E-state index contributed by atoms with van der Waals surface area (Å²) in [6.07, 6.45) is 6.52. The van der Waals surface area contributed by atoms with E-state index < -0.39 is 6.80 Å². The largest absolute Gasteiger partial charge is 0.389 e. The van der Waals surface area contributed by atoms with E-state index in [1.807, 2.05) is 13.8 Å². The molecule has 0 N–H and O–H groups in total. The van der Waals surface area contributed by atoms with Gasteiger partial charge in [-0.1, -0.05) is 6.42 Å². The van der Waals surface area contributed by atoms with Crippen molar-refractivity contribution in [2.24, 2.45) is 5.92 Å². The Morgan fingerprint density at radius 3 is 2.50 bits per heavy atom. The Bertz CT molecular complexity index is 330. The summed E-state index contributed by atoms with van der Waals surface area (Å²) in [4.78, 5) is 2.64. The molecule has 2 atom stereocenters. The minimum atomic E-state index is -2.94. The number of rotatable bonds is 7. The van der Waals surface area contributed by atoms with Gasteiger partial charge in [-0.15, -0.1) is 0 Å². The molecule has 118 valence electrons. The average Bonchev–Trinajstić information content (AvgIpc) is 2.46. The Hall–Kier alpha value is 0.460. The highest BCUT2D eigenvalue weighted by molar-refractivity contribution is 8.55. The number of piperidine rings is 2. The zero-order chi connectivity index (χ0) is 14.4. The lowest BCUT2D eigenvalue weighted by molar-refractivity contribution is 0.0693. The fourth-order valence-electron chi connectivity index (χ4n) is 3.39. The van der Waals surface area contributed by atoms with Crippen molar-refractivity contribution in [1.29, 1.82) is 0 Å². The van der Waals surface area contributed by atoms with Crippen LogP contribution in [0.25, 0.3) is 0 Å². The molecular weight excluding hydrogens is 293 g/mol. The van der Waals surface area contributed by atoms with Crippen LogP contribution in [0.2, 0.25) is 0 Å². The van der Waals surface area contributed by atoms with E-state index in [1.165, 1.54) is 56.6 Å². The summed E-state index contributed by atoms with van der Waals surface area (Å²) < 4.78 is 23.3. The van der Waals surface area contributed by atoms with Crippen LogP contribution in [0.4, 0.5) is 0 Å². The van der Waals surface area contributed by atoms with Crippen LogP contribution in [-0.2, 0) is 13.6 Å². The highest BCUT2D eigenvalue weighted by Crippen LogP contribution is 2.61. The van der Waals surface area contributed by atoms with Gasteiger partial charge in [-0.25, -0.2) is 4.57 Å². The van der Waals surface area contributed by atoms with E-state index in [0.717, 1.165) is 5.75 Å². The summed E-state index contributed by atoms with van der Waals surface area (Å²) in [5.41, 5.74) is 0. The van der Waals surface area contributed by atoms with Gasteiger partial charge in [-0.05, 0) is 69.9 Å². The second-order valence-corrected chi connectivity index (χ2v) is 9.70. The second kappa shape index (κ2) is 8.19. The van der Waals surface area contributed by atoms with Crippen molar-refractivity contribution in [2.75, 3.05) is 32.1 Å². The van der Waals surface area contributed by atoms with Crippen LogP contribution in [0.15, 0.2) is 0 Å². The summed E-state index contributed by atoms with van der Waals surface area (Å²) >= 11 is 1.42. The standard InChI is InChI=1S/C14H28NO3PS/c1-3-17-19(16,18-4-2)20-12-13-8-7-11-15-10-6-5-9-14(13)15/h13-14H,3-12H2,1-2H3/t13-,14?/m0/s1. The first-order chi connectivity index (χ1) is 9.68. The van der Waals surface area contributed by atoms with Gasteiger partial charge in [-0.2, -0.15) is 0 Å². The number of fused-ring (bicyclic) bond motifs is 1. The summed E-state index contributed by atoms with van der Waals surface area (Å²) in [5.74, 6) is 1.54. The number of hydrogen-bond acceptors (Lipinski definition) is 5. The SMILES string of the molecule is CCOP(=O)(OCC)SC[C@@H]1CCCN2CCCCC12. The molecule has 20 heavy (non-hydrogen) atoms. The fourth-order valence-corrected chi connectivity index (χ4v) is 7.21. The molecule has 0 bridgehead atoms. The van der Waals surface area contributed by atoms with Crippen molar-refractivity contribution >= 4 is 18.2 Å². The normalized spacial score (nSPS) is 28.3. The number of hydrogen-bond donors (Lipinski definition) is 0. The Kier molecular flexibility index (Phi) is 6.89. The molecule has 6 heteroatoms. The Labute approximate surface area is 127 Å². The molecule has 0 aromatic heterocycles. The lowest BCUT2D eigenvalue weighted by Crippen LogP contribution is -2.48. The molecule has 0 aromatic rings. The molecule has 2 aliphatic heterocycles. The van der Waals surface area contributed by atoms with Crippen molar-refractivity contribution in [3.05, 3.63) is 0 Å². The van der Waals surface area contributed by atoms with Crippen LogP contribution in [0.1, 0.15) is 46.0 Å². The molecule has 0 radical (unpaired) electrons. The maximum absolute atomic E-state index is 12.5. The zero-order valence-electron chi connectivity index (χ0n) is 12.8. The van der Waals surface area contributed by atoms with Crippen LogP contribution in [0.3, 0.4) is 0 Å². The lowest BCUT2D eigenvalue weighted by Gasteiger charge is -2.44. The third-order valence-corrected chi connectivity index (χ3v) is 8.32. The van der Waals surface area contributed by atoms with Gasteiger partial charge >= 0.3 is 6.80 Å². The molecule has 0 amide bonds. The summed E-state index contributed by atoms with van der Waals surface area (Å²) in [5, 5.41) is 0. The van der Waals surface area contributed by atoms with Gasteiger partial charge in [0.15, 0.2) is 0 Å². The van der Waals surface area contributed by atoms with E-state index in [4.69, 9.17) is 9.05 Å². The molecular formula is C14H28NO3PS. The van der Waals surface area contributed by atoms with Gasteiger partial charge in [-0.3, -0.25) is 0 Å². The molecule has 0 spiro atoms. The summed E-state index contributed by atoms with van der Waals surface area (Å²) in [6, 6.07) is 0.696. The second-order valence-electron chi connectivity index (χ2n) is 5.58. The molecule has 2 aliphatic rings. The van der Waals surface area contributed by atoms with Crippen molar-refractivity contribution in [3.63, 3.8) is 0 Å². The summed E-state index contributed by atoms with van der Waals surface area (Å²) in [6.45, 7) is 4.21. The van der Waals surface area contributed by atoms with E-state index >= 15 is 0 Å². The first-order valence-electron chi connectivity index (χ1n) is 7.96. The predicted molar refractivity (Wildman–Crippen MR) is 85.3 cm³/mol. The van der Waals surface area contributed by atoms with Crippen molar-refractivity contribution in [3.8, 4) is 0 Å². The molecule has 1 unspecified atom stereocenters. The highest BCUT2D eigenvalue weighted by atomic mass is 32.7. The molecule has 0 aliphatic carbocycles. The molecule has 2 rings (SSSR count). The quantitative estimate of drug-likeness (QED) is 0.658. The van der Waals surface area contributed by atoms with E-state index in [2.05, 4.69) is 4.90 Å². The average molecular weight is 321 g/mol. The van der Waals surface area contributed by atoms with Gasteiger partial charge in [0.2, 0.25) is 0 Å². The van der Waals surface area contributed by atoms with Crippen LogP contribution in [0, 0.1) is 5.92 Å². The lowest BCUT2D eigenvalue weighted by atomic mass is 9.85. The predicted octanol–water partition coefficient (Wildman–Crippen LogP) is 4.17. The van der Waals surface area contributed by atoms with Gasteiger partial charge < -0.3 is 13.9 Å². The van der Waals surface area contributed by atoms with Crippen LogP contribution < -0.4 is 0 Å². The molecule has 2 fully saturated rings. The Morgan fingerprint density at radius 1 is 1.10 bits per heavy atom. The van der Waals surface area contributed by atoms with Crippen LogP contribution >= 0.6 is 18.2 Å². The fraction of sp³-hybridized carbons (Fsp3) is 1.00. The van der Waals surface area contributed by atoms with Gasteiger partial charge in [0, 0.05) is 11.8 Å². The Balaban J connectivity index is 1.89. The highest BCUT2D eigenvalue weighted by Gasteiger charge is 2.35. The third kappa shape index (κ3) is 4.48. The van der Waals surface area contributed by atoms with Gasteiger partial charge in [0.05, 0.1) is 13.2 Å². The molecule has 2 saturated heterocycles. The van der Waals surface area contributed by atoms with Gasteiger partial charge in [0.1, 0.15) is 0 Å². The zero-order valence-corrected chi connectivity index (χ0v) is 14.5. The first kappa shape index (κ1) is 16.8. The van der Waals surface area contributed by atoms with E-state index in [0.29, 0.717) is 25.2 Å².